The van der Waals surface area contributed by atoms with Crippen LogP contribution in [0.1, 0.15) is 27.3 Å². The third-order valence-corrected chi connectivity index (χ3v) is 6.22. The number of pyridine rings is 1. The molecule has 0 bridgehead atoms. The number of nitrogens with zero attached hydrogens (tertiary/aromatic N) is 4. The first kappa shape index (κ1) is 24.5. The lowest BCUT2D eigenvalue weighted by atomic mass is 10.2. The van der Waals surface area contributed by atoms with E-state index in [1.807, 2.05) is 13.0 Å². The maximum Gasteiger partial charge on any atom is 0.272 e. The van der Waals surface area contributed by atoms with Crippen LogP contribution in [-0.4, -0.2) is 32.4 Å². The predicted molar refractivity (Wildman–Crippen MR) is 124 cm³/mol. The Morgan fingerprint density at radius 1 is 1.00 bits per heavy atom. The molecule has 0 saturated carbocycles. The molecule has 0 aliphatic rings. The van der Waals surface area contributed by atoms with E-state index >= 15 is 0 Å². The molecule has 180 valence electrons. The Labute approximate surface area is 203 Å². The zero-order valence-electron chi connectivity index (χ0n) is 18.8. The third kappa shape index (κ3) is 5.37. The Balaban J connectivity index is 1.67. The Kier molecular flexibility index (Phi) is 7.20. The maximum absolute atomic E-state index is 14.1. The van der Waals surface area contributed by atoms with Gasteiger partial charge in [-0.25, -0.2) is 22.5 Å². The second-order valence-corrected chi connectivity index (χ2v) is 8.76. The number of aromatic nitrogens is 3. The number of carbonyl (C=O) groups is 1. The lowest BCUT2D eigenvalue weighted by Crippen LogP contribution is -2.28. The van der Waals surface area contributed by atoms with E-state index in [0.29, 0.717) is 12.2 Å². The summed E-state index contributed by atoms with van der Waals surface area (Å²) in [6, 6.07) is 10.6. The average molecular weight is 501 g/mol. The Bertz CT molecular complexity index is 1370. The number of imidazole rings is 1. The van der Waals surface area contributed by atoms with Gasteiger partial charge in [-0.3, -0.25) is 14.3 Å². The monoisotopic (exact) mass is 500 g/mol. The van der Waals surface area contributed by atoms with Gasteiger partial charge in [-0.1, -0.05) is 11.8 Å². The first-order valence-electron chi connectivity index (χ1n) is 10.5. The molecule has 1 amide bonds. The Hall–Kier alpha value is -3.66. The van der Waals surface area contributed by atoms with E-state index in [0.717, 1.165) is 35.2 Å². The van der Waals surface area contributed by atoms with Crippen molar-refractivity contribution in [1.82, 2.24) is 19.4 Å². The van der Waals surface area contributed by atoms with Crippen molar-refractivity contribution in [3.05, 3.63) is 107 Å². The largest absolute Gasteiger partial charge is 0.336 e. The van der Waals surface area contributed by atoms with Gasteiger partial charge >= 0.3 is 0 Å². The molecule has 0 unspecified atom stereocenters. The normalized spacial score (nSPS) is 11.0. The molecule has 10 heteroatoms. The van der Waals surface area contributed by atoms with Crippen molar-refractivity contribution in [2.45, 2.75) is 24.4 Å². The summed E-state index contributed by atoms with van der Waals surface area (Å²) in [5.74, 6) is -4.43. The Morgan fingerprint density at radius 3 is 2.43 bits per heavy atom. The maximum atomic E-state index is 14.1. The highest BCUT2D eigenvalue weighted by Gasteiger charge is 2.23. The van der Waals surface area contributed by atoms with Crippen molar-refractivity contribution in [1.29, 1.82) is 0 Å². The van der Waals surface area contributed by atoms with Gasteiger partial charge < -0.3 is 4.90 Å². The molecule has 0 aliphatic heterocycles. The van der Waals surface area contributed by atoms with E-state index in [1.165, 1.54) is 39.9 Å². The fourth-order valence-electron chi connectivity index (χ4n) is 3.51. The molecular weight excluding hydrogens is 480 g/mol. The van der Waals surface area contributed by atoms with E-state index in [4.69, 9.17) is 0 Å². The highest BCUT2D eigenvalue weighted by Crippen LogP contribution is 2.29. The summed E-state index contributed by atoms with van der Waals surface area (Å²) < 4.78 is 56.9. The van der Waals surface area contributed by atoms with Crippen molar-refractivity contribution >= 4 is 17.7 Å². The zero-order valence-corrected chi connectivity index (χ0v) is 19.6. The van der Waals surface area contributed by atoms with Crippen LogP contribution in [0.2, 0.25) is 0 Å². The minimum atomic E-state index is -1.28. The van der Waals surface area contributed by atoms with Crippen molar-refractivity contribution < 1.29 is 22.4 Å². The van der Waals surface area contributed by atoms with Crippen LogP contribution < -0.4 is 0 Å². The van der Waals surface area contributed by atoms with Gasteiger partial charge in [0.15, 0.2) is 16.8 Å². The molecule has 0 N–H and O–H groups in total. The number of carbonyl (C=O) groups excluding carboxylic acids is 1. The van der Waals surface area contributed by atoms with Crippen LogP contribution in [0.3, 0.4) is 0 Å². The highest BCUT2D eigenvalue weighted by molar-refractivity contribution is 7.98. The SMILES string of the molecule is Cc1cc(CN(C)C(=O)c2cnc(SCc3c(F)ccc(F)c3F)n2-c2ccc(F)cc2)ccn1. The summed E-state index contributed by atoms with van der Waals surface area (Å²) in [4.78, 5) is 23.2. The summed E-state index contributed by atoms with van der Waals surface area (Å²) in [7, 11) is 1.63. The van der Waals surface area contributed by atoms with Crippen LogP contribution in [0.25, 0.3) is 5.69 Å². The topological polar surface area (TPSA) is 51.0 Å². The molecule has 2 aromatic heterocycles. The lowest BCUT2D eigenvalue weighted by Gasteiger charge is -2.19. The second kappa shape index (κ2) is 10.3. The molecule has 35 heavy (non-hydrogen) atoms. The van der Waals surface area contributed by atoms with E-state index in [9.17, 15) is 22.4 Å². The smallest absolute Gasteiger partial charge is 0.272 e. The predicted octanol–water partition coefficient (Wildman–Crippen LogP) is 5.70. The molecule has 2 aromatic carbocycles. The van der Waals surface area contributed by atoms with Crippen molar-refractivity contribution in [2.75, 3.05) is 7.05 Å². The quantitative estimate of drug-likeness (QED) is 0.186. The average Bonchev–Trinajstić information content (AvgIpc) is 3.25. The van der Waals surface area contributed by atoms with Gasteiger partial charge in [0.05, 0.1) is 6.20 Å². The molecule has 0 atom stereocenters. The van der Waals surface area contributed by atoms with E-state index in [-0.39, 0.29) is 22.5 Å². The number of amides is 1. The number of hydrogen-bond acceptors (Lipinski definition) is 4. The van der Waals surface area contributed by atoms with Gasteiger partial charge in [0, 0.05) is 42.5 Å². The van der Waals surface area contributed by atoms with E-state index in [2.05, 4.69) is 9.97 Å². The summed E-state index contributed by atoms with van der Waals surface area (Å²) in [5, 5.41) is 0.233. The van der Waals surface area contributed by atoms with E-state index in [1.54, 1.807) is 19.3 Å². The minimum Gasteiger partial charge on any atom is -0.336 e. The summed E-state index contributed by atoms with van der Waals surface area (Å²) >= 11 is 0.925. The number of hydrogen-bond donors (Lipinski definition) is 0. The highest BCUT2D eigenvalue weighted by atomic mass is 32.2. The number of rotatable bonds is 7. The minimum absolute atomic E-state index is 0.174. The molecule has 0 aliphatic carbocycles. The van der Waals surface area contributed by atoms with Gasteiger partial charge in [-0.15, -0.1) is 0 Å². The molecule has 0 spiro atoms. The fraction of sp³-hybridized carbons (Fsp3) is 0.160. The molecule has 0 fully saturated rings. The molecule has 4 aromatic rings. The van der Waals surface area contributed by atoms with Gasteiger partial charge in [0.2, 0.25) is 0 Å². The van der Waals surface area contributed by atoms with Crippen LogP contribution in [0.15, 0.2) is 66.1 Å². The van der Waals surface area contributed by atoms with Gasteiger partial charge in [-0.05, 0) is 61.0 Å². The van der Waals surface area contributed by atoms with Crippen LogP contribution in [0.5, 0.6) is 0 Å². The first-order chi connectivity index (χ1) is 16.7. The van der Waals surface area contributed by atoms with Crippen LogP contribution in [-0.2, 0) is 12.3 Å². The number of benzene rings is 2. The molecule has 2 heterocycles. The zero-order chi connectivity index (χ0) is 25.1. The number of halogens is 4. The standard InChI is InChI=1S/C25H20F4N4OS/c1-15-11-16(9-10-30-15)13-32(2)24(34)22-12-31-25(33(22)18-5-3-17(26)4-6-18)35-14-19-20(27)7-8-21(28)23(19)29/h3-12H,13-14H2,1-2H3. The molecule has 5 nitrogen and oxygen atoms in total. The van der Waals surface area contributed by atoms with Crippen molar-refractivity contribution in [2.24, 2.45) is 0 Å². The third-order valence-electron chi connectivity index (χ3n) is 5.25. The van der Waals surface area contributed by atoms with Crippen molar-refractivity contribution in [3.8, 4) is 5.69 Å². The lowest BCUT2D eigenvalue weighted by molar-refractivity contribution is 0.0776. The van der Waals surface area contributed by atoms with Crippen LogP contribution >= 0.6 is 11.8 Å². The van der Waals surface area contributed by atoms with Gasteiger partial charge in [0.1, 0.15) is 17.3 Å². The Morgan fingerprint density at radius 2 is 1.71 bits per heavy atom. The second-order valence-electron chi connectivity index (χ2n) is 7.81. The number of aryl methyl sites for hydroxylation is 1. The summed E-state index contributed by atoms with van der Waals surface area (Å²) in [6.45, 7) is 2.15. The summed E-state index contributed by atoms with van der Waals surface area (Å²) in [6.07, 6.45) is 3.01. The molecular formula is C25H20F4N4OS. The van der Waals surface area contributed by atoms with Crippen molar-refractivity contribution in [3.63, 3.8) is 0 Å². The molecule has 0 radical (unpaired) electrons. The van der Waals surface area contributed by atoms with E-state index < -0.39 is 28.8 Å². The first-order valence-corrected chi connectivity index (χ1v) is 11.5. The van der Waals surface area contributed by atoms with Crippen LogP contribution in [0.4, 0.5) is 17.6 Å². The fourth-order valence-corrected chi connectivity index (χ4v) is 4.51. The molecule has 4 rings (SSSR count). The number of thioether (sulfide) groups is 1. The summed E-state index contributed by atoms with van der Waals surface area (Å²) in [5.41, 5.74) is 1.86. The van der Waals surface area contributed by atoms with Gasteiger partial charge in [0.25, 0.3) is 5.91 Å². The van der Waals surface area contributed by atoms with Crippen LogP contribution in [0, 0.1) is 30.2 Å². The van der Waals surface area contributed by atoms with Gasteiger partial charge in [-0.2, -0.15) is 0 Å². The molecule has 0 saturated heterocycles.